The van der Waals surface area contributed by atoms with Crippen LogP contribution in [0.4, 0.5) is 0 Å². The van der Waals surface area contributed by atoms with Crippen molar-refractivity contribution < 1.29 is 4.74 Å². The summed E-state index contributed by atoms with van der Waals surface area (Å²) in [4.78, 5) is 5.38. The zero-order valence-electron chi connectivity index (χ0n) is 15.3. The minimum absolute atomic E-state index is 0.454. The predicted octanol–water partition coefficient (Wildman–Crippen LogP) is 2.91. The van der Waals surface area contributed by atoms with Crippen LogP contribution >= 0.6 is 0 Å². The molecule has 134 valence electrons. The van der Waals surface area contributed by atoms with Crippen molar-refractivity contribution in [3.8, 4) is 5.75 Å². The molecule has 2 aliphatic heterocycles. The maximum atomic E-state index is 5.48. The minimum atomic E-state index is 0.454. The van der Waals surface area contributed by atoms with E-state index in [-0.39, 0.29) is 0 Å². The normalized spacial score (nSPS) is 25.2. The van der Waals surface area contributed by atoms with Crippen molar-refractivity contribution in [2.75, 3.05) is 46.4 Å². The van der Waals surface area contributed by atoms with Crippen LogP contribution in [0.25, 0.3) is 0 Å². The first-order chi connectivity index (χ1) is 11.8. The van der Waals surface area contributed by atoms with Crippen LogP contribution in [0.2, 0.25) is 0 Å². The first kappa shape index (κ1) is 17.7. The smallest absolute Gasteiger partial charge is 0.119 e. The van der Waals surface area contributed by atoms with Gasteiger partial charge >= 0.3 is 0 Å². The monoisotopic (exact) mass is 331 g/mol. The molecule has 0 radical (unpaired) electrons. The number of likely N-dealkylation sites (tertiary alicyclic amines) is 1. The van der Waals surface area contributed by atoms with Gasteiger partial charge in [-0.1, -0.05) is 25.0 Å². The van der Waals surface area contributed by atoms with Crippen LogP contribution in [0.3, 0.4) is 0 Å². The van der Waals surface area contributed by atoms with Gasteiger partial charge in [-0.3, -0.25) is 4.90 Å². The number of methoxy groups -OCH3 is 1. The summed E-state index contributed by atoms with van der Waals surface area (Å²) in [6.07, 6.45) is 5.48. The van der Waals surface area contributed by atoms with E-state index in [1.165, 1.54) is 44.3 Å². The van der Waals surface area contributed by atoms with Crippen LogP contribution in [0.15, 0.2) is 24.3 Å². The number of nitrogens with one attached hydrogen (secondary N) is 1. The largest absolute Gasteiger partial charge is 0.497 e. The summed E-state index contributed by atoms with van der Waals surface area (Å²) in [5.74, 6) is 0.969. The molecule has 0 saturated carbocycles. The zero-order valence-corrected chi connectivity index (χ0v) is 15.3. The molecule has 4 heteroatoms. The fraction of sp³-hybridized carbons (Fsp3) is 0.700. The van der Waals surface area contributed by atoms with E-state index in [1.807, 2.05) is 6.07 Å². The lowest BCUT2D eigenvalue weighted by Gasteiger charge is -2.42. The number of ether oxygens (including phenoxy) is 1. The van der Waals surface area contributed by atoms with Crippen LogP contribution in [-0.2, 0) is 0 Å². The van der Waals surface area contributed by atoms with E-state index >= 15 is 0 Å². The van der Waals surface area contributed by atoms with Gasteiger partial charge in [0.05, 0.1) is 7.11 Å². The second-order valence-corrected chi connectivity index (χ2v) is 7.30. The Morgan fingerprint density at radius 2 is 1.96 bits per heavy atom. The summed E-state index contributed by atoms with van der Waals surface area (Å²) >= 11 is 0. The first-order valence-electron chi connectivity index (χ1n) is 9.60. The van der Waals surface area contributed by atoms with E-state index in [0.717, 1.165) is 31.9 Å². The summed E-state index contributed by atoms with van der Waals surface area (Å²) in [6, 6.07) is 9.72. The Morgan fingerprint density at radius 3 is 2.67 bits per heavy atom. The van der Waals surface area contributed by atoms with Gasteiger partial charge in [0.1, 0.15) is 5.75 Å². The molecule has 0 aromatic heterocycles. The number of piperazine rings is 1. The highest BCUT2D eigenvalue weighted by atomic mass is 16.5. The van der Waals surface area contributed by atoms with Crippen molar-refractivity contribution in [2.24, 2.45) is 0 Å². The average molecular weight is 332 g/mol. The minimum Gasteiger partial charge on any atom is -0.497 e. The molecule has 4 nitrogen and oxygen atoms in total. The van der Waals surface area contributed by atoms with Gasteiger partial charge in [-0.05, 0) is 50.6 Å². The number of rotatable bonds is 5. The van der Waals surface area contributed by atoms with E-state index in [1.54, 1.807) is 7.11 Å². The SMILES string of the molecule is COc1cccc(C(CN2CCCCCC2)N2CCNCC2C)c1. The van der Waals surface area contributed by atoms with E-state index in [0.29, 0.717) is 12.1 Å². The third-order valence-corrected chi connectivity index (χ3v) is 5.56. The standard InChI is InChI=1S/C20H33N3O/c1-17-15-21-10-13-23(17)20(16-22-11-5-3-4-6-12-22)18-8-7-9-19(14-18)24-2/h7-9,14,17,20-21H,3-6,10-13,15-16H2,1-2H3. The second-order valence-electron chi connectivity index (χ2n) is 7.30. The molecule has 1 N–H and O–H groups in total. The summed E-state index contributed by atoms with van der Waals surface area (Å²) in [6.45, 7) is 9.28. The second kappa shape index (κ2) is 8.84. The van der Waals surface area contributed by atoms with Gasteiger partial charge in [0.15, 0.2) is 0 Å². The molecule has 0 amide bonds. The molecule has 0 aliphatic carbocycles. The Labute approximate surface area is 147 Å². The molecule has 0 bridgehead atoms. The summed E-state index contributed by atoms with van der Waals surface area (Å²) in [5.41, 5.74) is 1.40. The Morgan fingerprint density at radius 1 is 1.17 bits per heavy atom. The van der Waals surface area contributed by atoms with Gasteiger partial charge in [-0.25, -0.2) is 0 Å². The lowest BCUT2D eigenvalue weighted by Crippen LogP contribution is -2.53. The fourth-order valence-corrected chi connectivity index (χ4v) is 4.13. The highest BCUT2D eigenvalue weighted by Crippen LogP contribution is 2.28. The van der Waals surface area contributed by atoms with Crippen molar-refractivity contribution >= 4 is 0 Å². The van der Waals surface area contributed by atoms with Crippen LogP contribution in [0, 0.1) is 0 Å². The number of hydrogen-bond acceptors (Lipinski definition) is 4. The lowest BCUT2D eigenvalue weighted by atomic mass is 10.0. The van der Waals surface area contributed by atoms with Gasteiger partial charge in [0.25, 0.3) is 0 Å². The quantitative estimate of drug-likeness (QED) is 0.898. The maximum Gasteiger partial charge on any atom is 0.119 e. The van der Waals surface area contributed by atoms with Gasteiger partial charge in [-0.2, -0.15) is 0 Å². The molecular weight excluding hydrogens is 298 g/mol. The van der Waals surface area contributed by atoms with E-state index < -0.39 is 0 Å². The highest BCUT2D eigenvalue weighted by molar-refractivity contribution is 5.31. The maximum absolute atomic E-state index is 5.48. The molecule has 1 aromatic rings. The van der Waals surface area contributed by atoms with Gasteiger partial charge in [-0.15, -0.1) is 0 Å². The predicted molar refractivity (Wildman–Crippen MR) is 99.7 cm³/mol. The van der Waals surface area contributed by atoms with Crippen molar-refractivity contribution in [3.05, 3.63) is 29.8 Å². The molecule has 3 rings (SSSR count). The summed E-state index contributed by atoms with van der Waals surface area (Å²) in [5, 5.41) is 3.53. The van der Waals surface area contributed by atoms with Crippen molar-refractivity contribution in [1.82, 2.24) is 15.1 Å². The molecule has 0 spiro atoms. The van der Waals surface area contributed by atoms with Gasteiger partial charge in [0, 0.05) is 38.3 Å². The van der Waals surface area contributed by atoms with Crippen LogP contribution in [-0.4, -0.2) is 62.2 Å². The number of hydrogen-bond donors (Lipinski definition) is 1. The average Bonchev–Trinajstić information content (AvgIpc) is 2.89. The Hall–Kier alpha value is -1.10. The van der Waals surface area contributed by atoms with Crippen LogP contribution < -0.4 is 10.1 Å². The lowest BCUT2D eigenvalue weighted by molar-refractivity contribution is 0.0850. The Balaban J connectivity index is 1.81. The fourth-order valence-electron chi connectivity index (χ4n) is 4.13. The highest BCUT2D eigenvalue weighted by Gasteiger charge is 2.29. The topological polar surface area (TPSA) is 27.7 Å². The third-order valence-electron chi connectivity index (χ3n) is 5.56. The van der Waals surface area contributed by atoms with Crippen LogP contribution in [0.5, 0.6) is 5.75 Å². The van der Waals surface area contributed by atoms with Crippen molar-refractivity contribution in [3.63, 3.8) is 0 Å². The molecular formula is C20H33N3O. The molecule has 2 aliphatic rings. The molecule has 2 atom stereocenters. The Kier molecular flexibility index (Phi) is 6.52. The van der Waals surface area contributed by atoms with E-state index in [2.05, 4.69) is 40.2 Å². The number of nitrogens with zero attached hydrogens (tertiary/aromatic N) is 2. The van der Waals surface area contributed by atoms with E-state index in [4.69, 9.17) is 4.74 Å². The summed E-state index contributed by atoms with van der Waals surface area (Å²) < 4.78 is 5.48. The Bertz CT molecular complexity index is 499. The molecule has 2 fully saturated rings. The van der Waals surface area contributed by atoms with Crippen molar-refractivity contribution in [1.29, 1.82) is 0 Å². The first-order valence-corrected chi connectivity index (χ1v) is 9.60. The molecule has 2 saturated heterocycles. The zero-order chi connectivity index (χ0) is 16.8. The van der Waals surface area contributed by atoms with Crippen LogP contribution in [0.1, 0.15) is 44.2 Å². The summed E-state index contributed by atoms with van der Waals surface area (Å²) in [7, 11) is 1.76. The van der Waals surface area contributed by atoms with E-state index in [9.17, 15) is 0 Å². The van der Waals surface area contributed by atoms with Gasteiger partial charge < -0.3 is 15.0 Å². The van der Waals surface area contributed by atoms with Crippen molar-refractivity contribution in [2.45, 2.75) is 44.7 Å². The van der Waals surface area contributed by atoms with Gasteiger partial charge in [0.2, 0.25) is 0 Å². The third kappa shape index (κ3) is 4.50. The molecule has 24 heavy (non-hydrogen) atoms. The molecule has 1 aromatic carbocycles. The molecule has 2 unspecified atom stereocenters. The molecule has 2 heterocycles. The number of benzene rings is 1.